The minimum Gasteiger partial charge on any atom is -0.314 e. The van der Waals surface area contributed by atoms with Crippen LogP contribution in [0.4, 0.5) is 4.39 Å². The molecule has 0 aromatic heterocycles. The van der Waals surface area contributed by atoms with E-state index in [1.165, 1.54) is 6.07 Å². The molecule has 1 saturated heterocycles. The number of nitrogens with zero attached hydrogens (tertiary/aromatic N) is 1. The van der Waals surface area contributed by atoms with Crippen molar-refractivity contribution >= 4 is 11.6 Å². The monoisotopic (exact) mass is 242 g/mol. The first-order chi connectivity index (χ1) is 7.68. The maximum Gasteiger partial charge on any atom is 0.142 e. The molecule has 1 unspecified atom stereocenters. The zero-order valence-corrected chi connectivity index (χ0v) is 10.1. The molecule has 1 aliphatic heterocycles. The van der Waals surface area contributed by atoms with E-state index < -0.39 is 0 Å². The predicted octanol–water partition coefficient (Wildman–Crippen LogP) is 2.27. The largest absolute Gasteiger partial charge is 0.314 e. The number of benzene rings is 1. The SMILES string of the molecule is CC1CNCCN1Cc1cccc(F)c1Cl. The van der Waals surface area contributed by atoms with E-state index in [1.807, 2.05) is 6.07 Å². The summed E-state index contributed by atoms with van der Waals surface area (Å²) in [7, 11) is 0. The van der Waals surface area contributed by atoms with Crippen molar-refractivity contribution in [3.8, 4) is 0 Å². The number of halogens is 2. The van der Waals surface area contributed by atoms with Crippen LogP contribution in [0.15, 0.2) is 18.2 Å². The molecule has 1 aromatic carbocycles. The second-order valence-electron chi connectivity index (χ2n) is 4.24. The number of piperazine rings is 1. The van der Waals surface area contributed by atoms with Crippen molar-refractivity contribution in [1.82, 2.24) is 10.2 Å². The molecule has 0 radical (unpaired) electrons. The van der Waals surface area contributed by atoms with Gasteiger partial charge in [-0.2, -0.15) is 0 Å². The molecular formula is C12H16ClFN2. The van der Waals surface area contributed by atoms with Gasteiger partial charge in [-0.05, 0) is 18.6 Å². The highest BCUT2D eigenvalue weighted by Gasteiger charge is 2.19. The Morgan fingerprint density at radius 3 is 3.12 bits per heavy atom. The lowest BCUT2D eigenvalue weighted by molar-refractivity contribution is 0.165. The first kappa shape index (κ1) is 11.8. The summed E-state index contributed by atoms with van der Waals surface area (Å²) >= 11 is 5.94. The summed E-state index contributed by atoms with van der Waals surface area (Å²) in [6.07, 6.45) is 0. The molecule has 1 aromatic rings. The van der Waals surface area contributed by atoms with Crippen LogP contribution in [-0.2, 0) is 6.54 Å². The fourth-order valence-electron chi connectivity index (χ4n) is 2.01. The number of hydrogen-bond acceptors (Lipinski definition) is 2. The van der Waals surface area contributed by atoms with Gasteiger partial charge in [0.1, 0.15) is 5.82 Å². The van der Waals surface area contributed by atoms with Gasteiger partial charge in [-0.1, -0.05) is 23.7 Å². The van der Waals surface area contributed by atoms with Crippen molar-refractivity contribution in [2.75, 3.05) is 19.6 Å². The molecule has 2 rings (SSSR count). The molecule has 4 heteroatoms. The summed E-state index contributed by atoms with van der Waals surface area (Å²) in [6.45, 7) is 5.83. The fraction of sp³-hybridized carbons (Fsp3) is 0.500. The first-order valence-electron chi connectivity index (χ1n) is 5.56. The van der Waals surface area contributed by atoms with E-state index in [2.05, 4.69) is 17.1 Å². The van der Waals surface area contributed by atoms with Crippen LogP contribution in [0.3, 0.4) is 0 Å². The van der Waals surface area contributed by atoms with Gasteiger partial charge in [-0.15, -0.1) is 0 Å². The molecule has 0 bridgehead atoms. The predicted molar refractivity (Wildman–Crippen MR) is 64.2 cm³/mol. The van der Waals surface area contributed by atoms with E-state index in [0.717, 1.165) is 31.7 Å². The average Bonchev–Trinajstić information content (AvgIpc) is 2.28. The lowest BCUT2D eigenvalue weighted by Crippen LogP contribution is -2.49. The van der Waals surface area contributed by atoms with Crippen LogP contribution in [0.1, 0.15) is 12.5 Å². The summed E-state index contributed by atoms with van der Waals surface area (Å²) in [6, 6.07) is 5.46. The lowest BCUT2D eigenvalue weighted by atomic mass is 10.1. The molecule has 1 N–H and O–H groups in total. The van der Waals surface area contributed by atoms with Crippen molar-refractivity contribution < 1.29 is 4.39 Å². The smallest absolute Gasteiger partial charge is 0.142 e. The van der Waals surface area contributed by atoms with Crippen LogP contribution >= 0.6 is 11.6 Å². The third-order valence-electron chi connectivity index (χ3n) is 3.04. The Hall–Kier alpha value is -0.640. The van der Waals surface area contributed by atoms with E-state index in [0.29, 0.717) is 6.04 Å². The Labute approximate surface area is 100 Å². The minimum absolute atomic E-state index is 0.258. The van der Waals surface area contributed by atoms with Crippen LogP contribution in [0, 0.1) is 5.82 Å². The van der Waals surface area contributed by atoms with E-state index in [9.17, 15) is 4.39 Å². The third kappa shape index (κ3) is 2.54. The molecule has 1 atom stereocenters. The van der Waals surface area contributed by atoms with Crippen LogP contribution in [0.2, 0.25) is 5.02 Å². The molecule has 1 heterocycles. The van der Waals surface area contributed by atoms with Gasteiger partial charge in [-0.25, -0.2) is 4.39 Å². The van der Waals surface area contributed by atoms with Crippen molar-refractivity contribution in [2.24, 2.45) is 0 Å². The van der Waals surface area contributed by atoms with Crippen molar-refractivity contribution in [3.63, 3.8) is 0 Å². The summed E-state index contributed by atoms with van der Waals surface area (Å²) in [4.78, 5) is 2.32. The maximum atomic E-state index is 13.3. The Morgan fingerprint density at radius 1 is 1.56 bits per heavy atom. The summed E-state index contributed by atoms with van der Waals surface area (Å²) < 4.78 is 13.3. The van der Waals surface area contributed by atoms with Crippen molar-refractivity contribution in [1.29, 1.82) is 0 Å². The van der Waals surface area contributed by atoms with Gasteiger partial charge < -0.3 is 5.32 Å². The number of nitrogens with one attached hydrogen (secondary N) is 1. The van der Waals surface area contributed by atoms with Crippen molar-refractivity contribution in [2.45, 2.75) is 19.5 Å². The second-order valence-corrected chi connectivity index (χ2v) is 4.61. The lowest BCUT2D eigenvalue weighted by Gasteiger charge is -2.34. The Balaban J connectivity index is 2.10. The molecule has 1 aliphatic rings. The Kier molecular flexibility index (Phi) is 3.79. The zero-order chi connectivity index (χ0) is 11.5. The van der Waals surface area contributed by atoms with E-state index in [4.69, 9.17) is 11.6 Å². The molecule has 0 amide bonds. The van der Waals surface area contributed by atoms with Gasteiger partial charge in [-0.3, -0.25) is 4.90 Å². The Morgan fingerprint density at radius 2 is 2.38 bits per heavy atom. The van der Waals surface area contributed by atoms with Crippen molar-refractivity contribution in [3.05, 3.63) is 34.6 Å². The molecule has 1 fully saturated rings. The minimum atomic E-state index is -0.332. The average molecular weight is 243 g/mol. The van der Waals surface area contributed by atoms with E-state index in [-0.39, 0.29) is 10.8 Å². The molecule has 0 spiro atoms. The van der Waals surface area contributed by atoms with Gasteiger partial charge in [0.05, 0.1) is 5.02 Å². The van der Waals surface area contributed by atoms with Gasteiger partial charge >= 0.3 is 0 Å². The number of hydrogen-bond donors (Lipinski definition) is 1. The highest BCUT2D eigenvalue weighted by molar-refractivity contribution is 6.31. The molecule has 2 nitrogen and oxygen atoms in total. The quantitative estimate of drug-likeness (QED) is 0.856. The normalized spacial score (nSPS) is 22.3. The molecular weight excluding hydrogens is 227 g/mol. The summed E-state index contributed by atoms with van der Waals surface area (Å²) in [5.74, 6) is -0.332. The first-order valence-corrected chi connectivity index (χ1v) is 5.94. The molecule has 88 valence electrons. The van der Waals surface area contributed by atoms with Crippen LogP contribution in [0.25, 0.3) is 0 Å². The topological polar surface area (TPSA) is 15.3 Å². The second kappa shape index (κ2) is 5.13. The van der Waals surface area contributed by atoms with Crippen LogP contribution in [0.5, 0.6) is 0 Å². The Bertz CT molecular complexity index is 370. The van der Waals surface area contributed by atoms with Gasteiger partial charge in [0.15, 0.2) is 0 Å². The highest BCUT2D eigenvalue weighted by Crippen LogP contribution is 2.22. The maximum absolute atomic E-state index is 13.3. The zero-order valence-electron chi connectivity index (χ0n) is 9.34. The number of rotatable bonds is 2. The van der Waals surface area contributed by atoms with Crippen LogP contribution < -0.4 is 5.32 Å². The fourth-order valence-corrected chi connectivity index (χ4v) is 2.19. The van der Waals surface area contributed by atoms with Gasteiger partial charge in [0.2, 0.25) is 0 Å². The van der Waals surface area contributed by atoms with Gasteiger partial charge in [0, 0.05) is 32.2 Å². The molecule has 16 heavy (non-hydrogen) atoms. The van der Waals surface area contributed by atoms with Gasteiger partial charge in [0.25, 0.3) is 0 Å². The molecule has 0 saturated carbocycles. The third-order valence-corrected chi connectivity index (χ3v) is 3.47. The standard InChI is InChI=1S/C12H16ClFN2/c1-9-7-15-5-6-16(9)8-10-3-2-4-11(14)12(10)13/h2-4,9,15H,5-8H2,1H3. The van der Waals surface area contributed by atoms with E-state index >= 15 is 0 Å². The van der Waals surface area contributed by atoms with E-state index in [1.54, 1.807) is 6.07 Å². The van der Waals surface area contributed by atoms with Crippen LogP contribution in [-0.4, -0.2) is 30.6 Å². The summed E-state index contributed by atoms with van der Waals surface area (Å²) in [5.41, 5.74) is 0.871. The highest BCUT2D eigenvalue weighted by atomic mass is 35.5. The molecule has 0 aliphatic carbocycles. The summed E-state index contributed by atoms with van der Waals surface area (Å²) in [5, 5.41) is 3.59.